The zero-order chi connectivity index (χ0) is 16.2. The van der Waals surface area contributed by atoms with Crippen LogP contribution in [0.2, 0.25) is 0 Å². The third-order valence-corrected chi connectivity index (χ3v) is 5.26. The van der Waals surface area contributed by atoms with E-state index >= 15 is 0 Å². The Morgan fingerprint density at radius 2 is 2.00 bits per heavy atom. The predicted octanol–water partition coefficient (Wildman–Crippen LogP) is 0.618. The zero-order valence-corrected chi connectivity index (χ0v) is 13.9. The summed E-state index contributed by atoms with van der Waals surface area (Å²) in [5, 5.41) is 13.8. The Balaban J connectivity index is 1.50. The van der Waals surface area contributed by atoms with E-state index in [0.717, 1.165) is 64.1 Å². The topological polar surface area (TPSA) is 81.2 Å². The molecule has 0 aliphatic carbocycles. The van der Waals surface area contributed by atoms with Gasteiger partial charge in [-0.05, 0) is 64.7 Å². The molecule has 0 amide bonds. The lowest BCUT2D eigenvalue weighted by atomic mass is 9.90. The van der Waals surface area contributed by atoms with E-state index in [-0.39, 0.29) is 11.7 Å². The Hall–Kier alpha value is -1.24. The minimum absolute atomic E-state index is 0.0590. The van der Waals surface area contributed by atoms with Gasteiger partial charge < -0.3 is 20.3 Å². The predicted molar refractivity (Wildman–Crippen MR) is 89.6 cm³/mol. The number of aliphatic hydroxyl groups is 1. The molecule has 2 fully saturated rings. The number of piperidine rings is 2. The van der Waals surface area contributed by atoms with E-state index in [1.165, 1.54) is 0 Å². The van der Waals surface area contributed by atoms with Gasteiger partial charge in [0.15, 0.2) is 0 Å². The summed E-state index contributed by atoms with van der Waals surface area (Å²) in [7, 11) is 0. The van der Waals surface area contributed by atoms with Crippen LogP contribution in [-0.2, 0) is 0 Å². The van der Waals surface area contributed by atoms with Crippen LogP contribution >= 0.6 is 0 Å². The lowest BCUT2D eigenvalue weighted by Crippen LogP contribution is -2.43. The number of hydrogen-bond donors (Lipinski definition) is 3. The van der Waals surface area contributed by atoms with Gasteiger partial charge in [0, 0.05) is 18.5 Å². The maximum absolute atomic E-state index is 11.6. The van der Waals surface area contributed by atoms with Gasteiger partial charge in [0.25, 0.3) is 5.56 Å². The van der Waals surface area contributed by atoms with E-state index in [1.807, 2.05) is 6.92 Å². The second kappa shape index (κ2) is 7.55. The molecule has 0 bridgehead atoms. The molecular weight excluding hydrogens is 292 g/mol. The molecule has 1 atom stereocenters. The number of likely N-dealkylation sites (tertiary alicyclic amines) is 1. The Bertz CT molecular complexity index is 560. The van der Waals surface area contributed by atoms with Crippen molar-refractivity contribution in [1.29, 1.82) is 0 Å². The Labute approximate surface area is 137 Å². The largest absolute Gasteiger partial charge is 0.392 e. The summed E-state index contributed by atoms with van der Waals surface area (Å²) >= 11 is 0. The summed E-state index contributed by atoms with van der Waals surface area (Å²) < 4.78 is 0. The second-order valence-electron chi connectivity index (χ2n) is 6.99. The van der Waals surface area contributed by atoms with Crippen LogP contribution in [0.5, 0.6) is 0 Å². The van der Waals surface area contributed by atoms with Crippen molar-refractivity contribution in [2.45, 2.75) is 44.6 Å². The Morgan fingerprint density at radius 3 is 2.65 bits per heavy atom. The fourth-order valence-corrected chi connectivity index (χ4v) is 3.87. The third-order valence-electron chi connectivity index (χ3n) is 5.26. The van der Waals surface area contributed by atoms with E-state index in [0.29, 0.717) is 17.7 Å². The van der Waals surface area contributed by atoms with Crippen LogP contribution in [0, 0.1) is 12.8 Å². The minimum atomic E-state index is -0.214. The van der Waals surface area contributed by atoms with E-state index in [2.05, 4.69) is 20.2 Å². The molecule has 6 nitrogen and oxygen atoms in total. The molecule has 2 saturated heterocycles. The van der Waals surface area contributed by atoms with Crippen LogP contribution in [-0.4, -0.2) is 58.8 Å². The summed E-state index contributed by atoms with van der Waals surface area (Å²) in [5.41, 5.74) is 0.862. The molecule has 1 unspecified atom stereocenters. The molecule has 3 heterocycles. The van der Waals surface area contributed by atoms with Crippen molar-refractivity contribution in [3.05, 3.63) is 27.9 Å². The normalized spacial score (nSPS) is 23.0. The van der Waals surface area contributed by atoms with Crippen LogP contribution in [0.1, 0.15) is 43.1 Å². The maximum atomic E-state index is 11.6. The number of rotatable bonds is 4. The number of H-pyrrole nitrogens is 1. The van der Waals surface area contributed by atoms with Gasteiger partial charge in [-0.25, -0.2) is 4.98 Å². The van der Waals surface area contributed by atoms with E-state index in [9.17, 15) is 9.90 Å². The molecule has 0 radical (unpaired) electrons. The molecule has 3 rings (SSSR count). The summed E-state index contributed by atoms with van der Waals surface area (Å²) in [6, 6.07) is 1.64. The molecule has 3 N–H and O–H groups in total. The molecule has 2 aliphatic rings. The van der Waals surface area contributed by atoms with Gasteiger partial charge in [-0.2, -0.15) is 0 Å². The summed E-state index contributed by atoms with van der Waals surface area (Å²) in [5.74, 6) is 1.49. The minimum Gasteiger partial charge on any atom is -0.392 e. The molecule has 128 valence electrons. The number of aliphatic hydroxyl groups excluding tert-OH is 1. The van der Waals surface area contributed by atoms with Gasteiger partial charge in [-0.15, -0.1) is 0 Å². The Kier molecular flexibility index (Phi) is 5.46. The second-order valence-corrected chi connectivity index (χ2v) is 6.99. The highest BCUT2D eigenvalue weighted by molar-refractivity contribution is 5.09. The fraction of sp³-hybridized carbons (Fsp3) is 0.765. The van der Waals surface area contributed by atoms with Gasteiger partial charge in [-0.1, -0.05) is 0 Å². The van der Waals surface area contributed by atoms with Crippen LogP contribution < -0.4 is 10.9 Å². The average Bonchev–Trinajstić information content (AvgIpc) is 2.55. The van der Waals surface area contributed by atoms with Crippen LogP contribution in [0.3, 0.4) is 0 Å². The summed E-state index contributed by atoms with van der Waals surface area (Å²) in [4.78, 5) is 21.2. The van der Waals surface area contributed by atoms with Crippen molar-refractivity contribution in [1.82, 2.24) is 20.2 Å². The van der Waals surface area contributed by atoms with Crippen molar-refractivity contribution < 1.29 is 5.11 Å². The van der Waals surface area contributed by atoms with Crippen LogP contribution in [0.25, 0.3) is 0 Å². The maximum Gasteiger partial charge on any atom is 0.251 e. The van der Waals surface area contributed by atoms with Gasteiger partial charge in [0.2, 0.25) is 0 Å². The average molecular weight is 320 g/mol. The van der Waals surface area contributed by atoms with Gasteiger partial charge in [0.1, 0.15) is 5.82 Å². The number of aromatic nitrogens is 2. The van der Waals surface area contributed by atoms with E-state index < -0.39 is 0 Å². The number of aryl methyl sites for hydroxylation is 1. The zero-order valence-electron chi connectivity index (χ0n) is 13.9. The molecule has 2 aliphatic heterocycles. The first-order valence-electron chi connectivity index (χ1n) is 8.81. The van der Waals surface area contributed by atoms with Crippen molar-refractivity contribution >= 4 is 0 Å². The number of aromatic amines is 1. The highest BCUT2D eigenvalue weighted by atomic mass is 16.3. The fourth-order valence-electron chi connectivity index (χ4n) is 3.87. The first-order chi connectivity index (χ1) is 11.1. The van der Waals surface area contributed by atoms with Crippen LogP contribution in [0.15, 0.2) is 10.9 Å². The molecule has 0 aromatic carbocycles. The molecule has 1 aromatic heterocycles. The number of nitrogens with one attached hydrogen (secondary N) is 2. The first-order valence-corrected chi connectivity index (χ1v) is 8.81. The van der Waals surface area contributed by atoms with Crippen molar-refractivity contribution in [3.63, 3.8) is 0 Å². The van der Waals surface area contributed by atoms with E-state index in [1.54, 1.807) is 6.07 Å². The van der Waals surface area contributed by atoms with Crippen molar-refractivity contribution in [2.24, 2.45) is 5.92 Å². The molecule has 0 saturated carbocycles. The summed E-state index contributed by atoms with van der Waals surface area (Å²) in [6.45, 7) is 6.60. The van der Waals surface area contributed by atoms with Crippen LogP contribution in [0.4, 0.5) is 0 Å². The van der Waals surface area contributed by atoms with Crippen molar-refractivity contribution in [3.8, 4) is 0 Å². The molecular formula is C17H28N4O2. The molecule has 6 heteroatoms. The van der Waals surface area contributed by atoms with Crippen molar-refractivity contribution in [2.75, 3.05) is 32.7 Å². The first kappa shape index (κ1) is 16.6. The third kappa shape index (κ3) is 4.40. The smallest absolute Gasteiger partial charge is 0.251 e. The molecule has 23 heavy (non-hydrogen) atoms. The Morgan fingerprint density at radius 1 is 1.30 bits per heavy atom. The molecule has 1 aromatic rings. The highest BCUT2D eigenvalue weighted by Crippen LogP contribution is 2.27. The summed E-state index contributed by atoms with van der Waals surface area (Å²) in [6.07, 6.45) is 3.96. The van der Waals surface area contributed by atoms with Gasteiger partial charge in [0.05, 0.1) is 11.8 Å². The van der Waals surface area contributed by atoms with E-state index in [4.69, 9.17) is 0 Å². The highest BCUT2D eigenvalue weighted by Gasteiger charge is 2.27. The van der Waals surface area contributed by atoms with Gasteiger partial charge in [-0.3, -0.25) is 4.79 Å². The lowest BCUT2D eigenvalue weighted by Gasteiger charge is -2.35. The lowest BCUT2D eigenvalue weighted by molar-refractivity contribution is 0.0425. The number of β-amino-alcohol motifs (C(OH)–C–C–N with tert-alkyl or cyclic N) is 1. The number of nitrogens with zero attached hydrogens (tertiary/aromatic N) is 2. The number of hydrogen-bond acceptors (Lipinski definition) is 5. The van der Waals surface area contributed by atoms with Gasteiger partial charge >= 0.3 is 0 Å². The quantitative estimate of drug-likeness (QED) is 0.758. The monoisotopic (exact) mass is 320 g/mol. The standard InChI is InChI=1S/C17H28N4O2/c1-12-19-15(10-17(23)20-12)13-4-8-21(9-5-13)11-16(22)14-2-6-18-7-3-14/h10,13-14,16,18,22H,2-9,11H2,1H3,(H,19,20,23). The molecule has 0 spiro atoms. The SMILES string of the molecule is Cc1nc(C2CCN(CC(O)C3CCNCC3)CC2)cc(=O)[nH]1.